The standard InChI is InChI=1S/C15H16F2N2O2/c1-2-20-13-7-11(8-19-9-13)14(18)10-3-5-12(6-4-10)21-15(16)17/h3-9,14-15H,2,18H2,1H3. The minimum Gasteiger partial charge on any atom is -0.492 e. The predicted octanol–water partition coefficient (Wildman–Crippen LogP) is 3.13. The lowest BCUT2D eigenvalue weighted by molar-refractivity contribution is -0.0498. The molecule has 0 bridgehead atoms. The zero-order chi connectivity index (χ0) is 15.2. The van der Waals surface area contributed by atoms with E-state index in [-0.39, 0.29) is 5.75 Å². The zero-order valence-electron chi connectivity index (χ0n) is 11.5. The van der Waals surface area contributed by atoms with E-state index >= 15 is 0 Å². The number of nitrogens with two attached hydrogens (primary N) is 1. The predicted molar refractivity (Wildman–Crippen MR) is 74.5 cm³/mol. The molecular weight excluding hydrogens is 278 g/mol. The lowest BCUT2D eigenvalue weighted by Gasteiger charge is -2.14. The Hall–Kier alpha value is -2.21. The summed E-state index contributed by atoms with van der Waals surface area (Å²) in [6.45, 7) is -0.412. The van der Waals surface area contributed by atoms with E-state index < -0.39 is 12.7 Å². The number of hydrogen-bond acceptors (Lipinski definition) is 4. The molecule has 1 aromatic heterocycles. The van der Waals surface area contributed by atoms with Gasteiger partial charge in [-0.05, 0) is 36.2 Å². The molecule has 0 amide bonds. The van der Waals surface area contributed by atoms with Gasteiger partial charge in [-0.15, -0.1) is 0 Å². The maximum atomic E-state index is 12.1. The van der Waals surface area contributed by atoms with Crippen LogP contribution in [0.1, 0.15) is 24.1 Å². The van der Waals surface area contributed by atoms with Gasteiger partial charge >= 0.3 is 6.61 Å². The summed E-state index contributed by atoms with van der Waals surface area (Å²) < 4.78 is 33.9. The van der Waals surface area contributed by atoms with Gasteiger partial charge in [-0.1, -0.05) is 12.1 Å². The van der Waals surface area contributed by atoms with Gasteiger partial charge in [-0.3, -0.25) is 4.98 Å². The van der Waals surface area contributed by atoms with E-state index in [1.807, 2.05) is 13.0 Å². The van der Waals surface area contributed by atoms with Gasteiger partial charge in [-0.25, -0.2) is 0 Å². The van der Waals surface area contributed by atoms with Gasteiger partial charge in [0.15, 0.2) is 0 Å². The van der Waals surface area contributed by atoms with Crippen molar-refractivity contribution in [2.24, 2.45) is 5.73 Å². The Labute approximate surface area is 121 Å². The molecule has 1 atom stereocenters. The number of hydrogen-bond donors (Lipinski definition) is 1. The van der Waals surface area contributed by atoms with Crippen LogP contribution in [0.3, 0.4) is 0 Å². The minimum atomic E-state index is -2.84. The van der Waals surface area contributed by atoms with Crippen LogP contribution in [-0.2, 0) is 0 Å². The highest BCUT2D eigenvalue weighted by molar-refractivity contribution is 5.36. The van der Waals surface area contributed by atoms with E-state index in [0.29, 0.717) is 12.4 Å². The molecule has 2 rings (SSSR count). The van der Waals surface area contributed by atoms with Crippen molar-refractivity contribution in [1.82, 2.24) is 4.98 Å². The van der Waals surface area contributed by atoms with Gasteiger partial charge in [-0.2, -0.15) is 8.78 Å². The molecule has 1 unspecified atom stereocenters. The Bertz CT molecular complexity index is 576. The quantitative estimate of drug-likeness (QED) is 0.889. The van der Waals surface area contributed by atoms with Crippen molar-refractivity contribution in [3.05, 3.63) is 53.9 Å². The molecule has 4 nitrogen and oxygen atoms in total. The Morgan fingerprint density at radius 3 is 2.43 bits per heavy atom. The number of aromatic nitrogens is 1. The van der Waals surface area contributed by atoms with Gasteiger partial charge in [0.1, 0.15) is 11.5 Å². The average molecular weight is 294 g/mol. The third kappa shape index (κ3) is 4.13. The minimum absolute atomic E-state index is 0.0992. The van der Waals surface area contributed by atoms with Crippen LogP contribution in [0.5, 0.6) is 11.5 Å². The molecule has 0 aliphatic carbocycles. The van der Waals surface area contributed by atoms with Crippen molar-refractivity contribution in [2.45, 2.75) is 19.6 Å². The van der Waals surface area contributed by atoms with Crippen molar-refractivity contribution in [1.29, 1.82) is 0 Å². The molecule has 2 aromatic rings. The summed E-state index contributed by atoms with van der Waals surface area (Å²) in [4.78, 5) is 4.08. The molecule has 0 spiro atoms. The Morgan fingerprint density at radius 1 is 1.10 bits per heavy atom. The molecule has 112 valence electrons. The van der Waals surface area contributed by atoms with E-state index in [9.17, 15) is 8.78 Å². The first-order valence-electron chi connectivity index (χ1n) is 6.48. The Kier molecular flexibility index (Phi) is 5.05. The van der Waals surface area contributed by atoms with Crippen LogP contribution in [0.2, 0.25) is 0 Å². The molecule has 1 heterocycles. The third-order valence-electron chi connectivity index (χ3n) is 2.87. The van der Waals surface area contributed by atoms with Crippen LogP contribution in [0.4, 0.5) is 8.78 Å². The van der Waals surface area contributed by atoms with E-state index in [4.69, 9.17) is 10.5 Å². The molecular formula is C15H16F2N2O2. The van der Waals surface area contributed by atoms with Crippen LogP contribution >= 0.6 is 0 Å². The van der Waals surface area contributed by atoms with Gasteiger partial charge in [0.2, 0.25) is 0 Å². The smallest absolute Gasteiger partial charge is 0.387 e. The van der Waals surface area contributed by atoms with Crippen LogP contribution in [-0.4, -0.2) is 18.2 Å². The van der Waals surface area contributed by atoms with Crippen LogP contribution in [0.15, 0.2) is 42.7 Å². The van der Waals surface area contributed by atoms with E-state index in [1.165, 1.54) is 12.1 Å². The number of ether oxygens (including phenoxy) is 2. The zero-order valence-corrected chi connectivity index (χ0v) is 11.5. The number of rotatable bonds is 6. The van der Waals surface area contributed by atoms with Gasteiger partial charge in [0.25, 0.3) is 0 Å². The summed E-state index contributed by atoms with van der Waals surface area (Å²) in [7, 11) is 0. The summed E-state index contributed by atoms with van der Waals surface area (Å²) in [6.07, 6.45) is 3.26. The molecule has 0 aliphatic rings. The maximum Gasteiger partial charge on any atom is 0.387 e. The number of halogens is 2. The fraction of sp³-hybridized carbons (Fsp3) is 0.267. The summed E-state index contributed by atoms with van der Waals surface area (Å²) in [6, 6.07) is 7.61. The second-order valence-corrected chi connectivity index (χ2v) is 4.31. The van der Waals surface area contributed by atoms with Crippen LogP contribution in [0, 0.1) is 0 Å². The van der Waals surface area contributed by atoms with Crippen molar-refractivity contribution in [2.75, 3.05) is 6.61 Å². The van der Waals surface area contributed by atoms with Gasteiger partial charge < -0.3 is 15.2 Å². The SMILES string of the molecule is CCOc1cncc(C(N)c2ccc(OC(F)F)cc2)c1. The average Bonchev–Trinajstić information content (AvgIpc) is 2.47. The van der Waals surface area contributed by atoms with Crippen molar-refractivity contribution in [3.8, 4) is 11.5 Å². The van der Waals surface area contributed by atoms with E-state index in [1.54, 1.807) is 24.5 Å². The summed E-state index contributed by atoms with van der Waals surface area (Å²) >= 11 is 0. The van der Waals surface area contributed by atoms with Crippen LogP contribution < -0.4 is 15.2 Å². The summed E-state index contributed by atoms with van der Waals surface area (Å²) in [5.41, 5.74) is 7.70. The molecule has 6 heteroatoms. The number of nitrogens with zero attached hydrogens (tertiary/aromatic N) is 1. The highest BCUT2D eigenvalue weighted by Crippen LogP contribution is 2.24. The van der Waals surface area contributed by atoms with Gasteiger partial charge in [0, 0.05) is 6.20 Å². The lowest BCUT2D eigenvalue weighted by Crippen LogP contribution is -2.12. The molecule has 2 N–H and O–H groups in total. The topological polar surface area (TPSA) is 57.4 Å². The molecule has 0 fully saturated rings. The largest absolute Gasteiger partial charge is 0.492 e. The number of alkyl halides is 2. The Balaban J connectivity index is 2.15. The monoisotopic (exact) mass is 294 g/mol. The van der Waals surface area contributed by atoms with Gasteiger partial charge in [0.05, 0.1) is 18.8 Å². The van der Waals surface area contributed by atoms with Crippen molar-refractivity contribution < 1.29 is 18.3 Å². The maximum absolute atomic E-state index is 12.1. The lowest BCUT2D eigenvalue weighted by atomic mass is 10.0. The van der Waals surface area contributed by atoms with Crippen molar-refractivity contribution >= 4 is 0 Å². The van der Waals surface area contributed by atoms with Crippen molar-refractivity contribution in [3.63, 3.8) is 0 Å². The highest BCUT2D eigenvalue weighted by atomic mass is 19.3. The fourth-order valence-electron chi connectivity index (χ4n) is 1.90. The first kappa shape index (κ1) is 15.2. The second kappa shape index (κ2) is 6.99. The molecule has 21 heavy (non-hydrogen) atoms. The number of pyridine rings is 1. The first-order chi connectivity index (χ1) is 10.1. The third-order valence-corrected chi connectivity index (χ3v) is 2.87. The second-order valence-electron chi connectivity index (χ2n) is 4.31. The van der Waals surface area contributed by atoms with Crippen LogP contribution in [0.25, 0.3) is 0 Å². The normalized spacial score (nSPS) is 12.2. The molecule has 0 radical (unpaired) electrons. The summed E-state index contributed by atoms with van der Waals surface area (Å²) in [5, 5.41) is 0. The van der Waals surface area contributed by atoms with E-state index in [0.717, 1.165) is 11.1 Å². The Morgan fingerprint density at radius 2 is 1.81 bits per heavy atom. The first-order valence-corrected chi connectivity index (χ1v) is 6.48. The van der Waals surface area contributed by atoms with E-state index in [2.05, 4.69) is 9.72 Å². The molecule has 0 saturated carbocycles. The summed E-state index contributed by atoms with van der Waals surface area (Å²) in [5.74, 6) is 0.741. The fourth-order valence-corrected chi connectivity index (χ4v) is 1.90. The number of benzene rings is 1. The molecule has 0 aliphatic heterocycles. The highest BCUT2D eigenvalue weighted by Gasteiger charge is 2.11. The molecule has 1 aromatic carbocycles. The molecule has 0 saturated heterocycles.